The summed E-state index contributed by atoms with van der Waals surface area (Å²) in [5.41, 5.74) is 0.501. The number of rotatable bonds is 6. The Morgan fingerprint density at radius 1 is 1.60 bits per heavy atom. The van der Waals surface area contributed by atoms with Gasteiger partial charge in [0.05, 0.1) is 13.2 Å². The molecule has 0 saturated carbocycles. The minimum absolute atomic E-state index is 0.269. The van der Waals surface area contributed by atoms with Crippen molar-refractivity contribution in [3.8, 4) is 0 Å². The number of methoxy groups -OCH3 is 1. The van der Waals surface area contributed by atoms with Crippen molar-refractivity contribution in [2.45, 2.75) is 25.9 Å². The van der Waals surface area contributed by atoms with Crippen molar-refractivity contribution >= 4 is 5.97 Å². The van der Waals surface area contributed by atoms with Crippen LogP contribution in [0.3, 0.4) is 0 Å². The molecule has 1 atom stereocenters. The molecular weight excluding hydrogens is 192 g/mol. The first-order chi connectivity index (χ1) is 7.15. The summed E-state index contributed by atoms with van der Waals surface area (Å²) in [5, 5.41) is 9.54. The maximum atomic E-state index is 11.3. The van der Waals surface area contributed by atoms with E-state index in [2.05, 4.69) is 11.3 Å². The van der Waals surface area contributed by atoms with E-state index in [9.17, 15) is 9.90 Å². The molecular formula is C12H18O3. The number of hydrogen-bond acceptors (Lipinski definition) is 3. The fourth-order valence-corrected chi connectivity index (χ4v) is 1.13. The number of esters is 1. The molecule has 0 spiro atoms. The van der Waals surface area contributed by atoms with Crippen LogP contribution in [0.5, 0.6) is 0 Å². The number of hydrogen-bond donors (Lipinski definition) is 1. The summed E-state index contributed by atoms with van der Waals surface area (Å²) in [4.78, 5) is 11.3. The van der Waals surface area contributed by atoms with E-state index >= 15 is 0 Å². The minimum Gasteiger partial charge on any atom is -0.466 e. The predicted molar refractivity (Wildman–Crippen MR) is 60.4 cm³/mol. The van der Waals surface area contributed by atoms with Crippen LogP contribution in [0.15, 0.2) is 36.5 Å². The van der Waals surface area contributed by atoms with Gasteiger partial charge in [0.2, 0.25) is 0 Å². The van der Waals surface area contributed by atoms with E-state index in [0.717, 1.165) is 6.42 Å². The first kappa shape index (κ1) is 13.7. The SMILES string of the molecule is C=C/C=C/C(O)C/C(=C/CC)C(=O)OC. The lowest BCUT2D eigenvalue weighted by molar-refractivity contribution is -0.136. The summed E-state index contributed by atoms with van der Waals surface area (Å²) in [6.07, 6.45) is 6.89. The zero-order chi connectivity index (χ0) is 11.7. The van der Waals surface area contributed by atoms with Crippen molar-refractivity contribution < 1.29 is 14.6 Å². The highest BCUT2D eigenvalue weighted by Gasteiger charge is 2.12. The van der Waals surface area contributed by atoms with Gasteiger partial charge < -0.3 is 9.84 Å². The first-order valence-corrected chi connectivity index (χ1v) is 4.90. The Labute approximate surface area is 90.8 Å². The van der Waals surface area contributed by atoms with E-state index in [1.54, 1.807) is 24.3 Å². The van der Waals surface area contributed by atoms with Gasteiger partial charge in [0.15, 0.2) is 0 Å². The molecule has 0 heterocycles. The largest absolute Gasteiger partial charge is 0.466 e. The summed E-state index contributed by atoms with van der Waals surface area (Å²) < 4.78 is 4.61. The summed E-state index contributed by atoms with van der Waals surface area (Å²) in [7, 11) is 1.33. The standard InChI is InChI=1S/C12H18O3/c1-4-6-8-11(13)9-10(7-5-2)12(14)15-3/h4,6-8,11,13H,1,5,9H2,2-3H3/b8-6+,10-7-. The Balaban J connectivity index is 4.41. The molecule has 0 saturated heterocycles. The summed E-state index contributed by atoms with van der Waals surface area (Å²) in [5.74, 6) is -0.386. The second-order valence-corrected chi connectivity index (χ2v) is 3.02. The Bertz CT molecular complexity index is 264. The molecule has 84 valence electrons. The third kappa shape index (κ3) is 5.86. The maximum Gasteiger partial charge on any atom is 0.333 e. The van der Waals surface area contributed by atoms with Crippen molar-refractivity contribution in [2.24, 2.45) is 0 Å². The van der Waals surface area contributed by atoms with Gasteiger partial charge in [-0.15, -0.1) is 0 Å². The zero-order valence-corrected chi connectivity index (χ0v) is 9.27. The number of ether oxygens (including phenoxy) is 1. The van der Waals surface area contributed by atoms with Gasteiger partial charge in [0, 0.05) is 12.0 Å². The molecule has 1 unspecified atom stereocenters. The quantitative estimate of drug-likeness (QED) is 0.414. The van der Waals surface area contributed by atoms with Crippen LogP contribution in [0.25, 0.3) is 0 Å². The molecule has 0 aliphatic heterocycles. The molecule has 0 aliphatic carbocycles. The summed E-state index contributed by atoms with van der Waals surface area (Å²) in [6.45, 7) is 5.42. The molecule has 1 N–H and O–H groups in total. The predicted octanol–water partition coefficient (Wildman–Crippen LogP) is 1.99. The Hall–Kier alpha value is -1.35. The van der Waals surface area contributed by atoms with E-state index in [1.807, 2.05) is 6.92 Å². The monoisotopic (exact) mass is 210 g/mol. The smallest absolute Gasteiger partial charge is 0.333 e. The molecule has 0 radical (unpaired) electrons. The van der Waals surface area contributed by atoms with Crippen LogP contribution in [0.4, 0.5) is 0 Å². The fourth-order valence-electron chi connectivity index (χ4n) is 1.13. The molecule has 0 fully saturated rings. The number of aliphatic hydroxyl groups excluding tert-OH is 1. The summed E-state index contributed by atoms with van der Waals surface area (Å²) in [6, 6.07) is 0. The number of allylic oxidation sites excluding steroid dienone is 3. The molecule has 0 aromatic heterocycles. The lowest BCUT2D eigenvalue weighted by atomic mass is 10.1. The Kier molecular flexibility index (Phi) is 7.28. The molecule has 0 rings (SSSR count). The lowest BCUT2D eigenvalue weighted by Gasteiger charge is -2.08. The van der Waals surface area contributed by atoms with Gasteiger partial charge >= 0.3 is 5.97 Å². The van der Waals surface area contributed by atoms with E-state index in [4.69, 9.17) is 0 Å². The van der Waals surface area contributed by atoms with Crippen molar-refractivity contribution in [1.82, 2.24) is 0 Å². The van der Waals surface area contributed by atoms with Gasteiger partial charge in [-0.05, 0) is 6.42 Å². The normalized spacial score (nSPS) is 13.9. The summed E-state index contributed by atoms with van der Waals surface area (Å²) >= 11 is 0. The van der Waals surface area contributed by atoms with Gasteiger partial charge in [-0.3, -0.25) is 0 Å². The lowest BCUT2D eigenvalue weighted by Crippen LogP contribution is -2.12. The van der Waals surface area contributed by atoms with Crippen LogP contribution < -0.4 is 0 Å². The number of carbonyl (C=O) groups is 1. The van der Waals surface area contributed by atoms with Gasteiger partial charge in [0.25, 0.3) is 0 Å². The van der Waals surface area contributed by atoms with Crippen LogP contribution in [-0.2, 0) is 9.53 Å². The highest BCUT2D eigenvalue weighted by molar-refractivity contribution is 5.88. The molecule has 0 bridgehead atoms. The topological polar surface area (TPSA) is 46.5 Å². The molecule has 3 heteroatoms. The fraction of sp³-hybridized carbons (Fsp3) is 0.417. The van der Waals surface area contributed by atoms with Gasteiger partial charge in [-0.25, -0.2) is 4.79 Å². The van der Waals surface area contributed by atoms with Gasteiger partial charge in [0.1, 0.15) is 0 Å². The van der Waals surface area contributed by atoms with E-state index < -0.39 is 6.10 Å². The second kappa shape index (κ2) is 8.00. The number of carbonyl (C=O) groups excluding carboxylic acids is 1. The Morgan fingerprint density at radius 2 is 2.27 bits per heavy atom. The van der Waals surface area contributed by atoms with Crippen LogP contribution >= 0.6 is 0 Å². The highest BCUT2D eigenvalue weighted by Crippen LogP contribution is 2.09. The molecule has 15 heavy (non-hydrogen) atoms. The van der Waals surface area contributed by atoms with E-state index in [-0.39, 0.29) is 12.4 Å². The minimum atomic E-state index is -0.681. The number of aliphatic hydroxyl groups is 1. The molecule has 0 aromatic rings. The molecule has 0 aromatic carbocycles. The van der Waals surface area contributed by atoms with Crippen molar-refractivity contribution in [1.29, 1.82) is 0 Å². The van der Waals surface area contributed by atoms with Crippen molar-refractivity contribution in [3.05, 3.63) is 36.5 Å². The molecule has 0 amide bonds. The molecule has 3 nitrogen and oxygen atoms in total. The van der Waals surface area contributed by atoms with E-state index in [0.29, 0.717) is 5.57 Å². The van der Waals surface area contributed by atoms with Crippen molar-refractivity contribution in [2.75, 3.05) is 7.11 Å². The van der Waals surface area contributed by atoms with Crippen LogP contribution in [-0.4, -0.2) is 24.3 Å². The van der Waals surface area contributed by atoms with Gasteiger partial charge in [-0.1, -0.05) is 37.8 Å². The highest BCUT2D eigenvalue weighted by atomic mass is 16.5. The van der Waals surface area contributed by atoms with E-state index in [1.165, 1.54) is 7.11 Å². The van der Waals surface area contributed by atoms with Gasteiger partial charge in [-0.2, -0.15) is 0 Å². The van der Waals surface area contributed by atoms with Crippen LogP contribution in [0, 0.1) is 0 Å². The average molecular weight is 210 g/mol. The Morgan fingerprint density at radius 3 is 2.73 bits per heavy atom. The van der Waals surface area contributed by atoms with Crippen LogP contribution in [0.2, 0.25) is 0 Å². The zero-order valence-electron chi connectivity index (χ0n) is 9.27. The second-order valence-electron chi connectivity index (χ2n) is 3.02. The maximum absolute atomic E-state index is 11.3. The first-order valence-electron chi connectivity index (χ1n) is 4.90. The third-order valence-corrected chi connectivity index (χ3v) is 1.80. The average Bonchev–Trinajstić information content (AvgIpc) is 2.24. The van der Waals surface area contributed by atoms with Crippen molar-refractivity contribution in [3.63, 3.8) is 0 Å². The molecule has 0 aliphatic rings. The van der Waals surface area contributed by atoms with Crippen LogP contribution in [0.1, 0.15) is 19.8 Å². The third-order valence-electron chi connectivity index (χ3n) is 1.80.